The van der Waals surface area contributed by atoms with Crippen LogP contribution < -0.4 is 0 Å². The first-order valence-electron chi connectivity index (χ1n) is 35.6. The molecule has 0 bridgehead atoms. The molecule has 0 aromatic carbocycles. The highest BCUT2D eigenvalue weighted by Gasteiger charge is 2.81. The molecule has 2 atom stereocenters. The fourth-order valence-corrected chi connectivity index (χ4v) is 2.35. The van der Waals surface area contributed by atoms with E-state index in [1.54, 1.807) is 0 Å². The Kier molecular flexibility index (Phi) is 69.1. The molecule has 888 valence electrons. The molecule has 75 heteroatoms. The van der Waals surface area contributed by atoms with Crippen LogP contribution in [0.1, 0.15) is 186 Å². The average Bonchev–Trinajstić information content (AvgIpc) is 0.735. The summed E-state index contributed by atoms with van der Waals surface area (Å²) in [6.07, 6.45) is -126. The van der Waals surface area contributed by atoms with Gasteiger partial charge < -0.3 is 0 Å². The van der Waals surface area contributed by atoms with Gasteiger partial charge in [0.25, 0.3) is 42.5 Å². The molecule has 0 nitrogen and oxygen atoms in total. The first-order chi connectivity index (χ1) is 59.6. The Morgan fingerprint density at radius 3 is 0.413 bits per heavy atom. The monoisotopic (exact) mass is 2330 g/mol. The molecule has 2 unspecified atom stereocenters. The predicted molar refractivity (Wildman–Crippen MR) is 356 cm³/mol. The molecule has 0 rings (SSSR count). The minimum absolute atomic E-state index is 0.0833. The highest BCUT2D eigenvalue weighted by atomic mass is 19.5. The van der Waals surface area contributed by atoms with E-state index in [0.29, 0.717) is 34.6 Å². The third-order valence-electron chi connectivity index (χ3n) is 15.7. The number of hydrogen-bond donors (Lipinski definition) is 0. The predicted octanol–water partition coefficient (Wildman–Crippen LogP) is 40.4. The van der Waals surface area contributed by atoms with Crippen molar-refractivity contribution < 1.29 is 329 Å². The second kappa shape index (κ2) is 57.8. The van der Waals surface area contributed by atoms with E-state index in [0.717, 1.165) is 55.4 Å². The maximum absolute atomic E-state index is 11.9. The lowest BCUT2D eigenvalue weighted by Crippen LogP contribution is -2.57. The standard InChI is InChI=1S/C6H8F6.C5H3F9.C5H4F8.C5H6F6.C5H7F5.C5H9F3.C5H10F2.C4H3F7.2C4H4F6.C4H5F5.C4H6F4.2C4H7F3.C4H8F2/c1-3-4(2,5(7,8)9)6(10,11)12;1-2(3(6,7)8,4(9,10)11)5(12,13)14;1-3(2(6)7,4(8,9)10)5(11,12)13;1-3(2,4(6,7)8)5(9,10)11;1-4(2,3(6)7)5(8,9)10;1-4(2,3)5(6,7)8;1-5(2,3)4(6)7;1-2(5,3(6,7)8)4(9,10)11;1-3(7,2(5)6)4(8,9)10;1-2(3(5,6)7)4(8,9)10;1-2(3(5)6)4(7,8)9;1-3(2,5)4(6,7)8;1-4(2,7)3(5)6;1-3(2)4(5,6)7;1-3(2)4(5)6/h3H2,1-2H3;1H3;2H,1H3;1-2H3;3H,1-2H3;1-3H3;4H,1-3H3;1H3;2*2H,1H3;2-3H,1H3;1-2H3;2*3H,1-2H3;3-4H,1-2H3. The largest absolute Gasteiger partial charge is 0.431 e. The molecule has 0 saturated heterocycles. The van der Waals surface area contributed by atoms with E-state index in [1.165, 1.54) is 34.6 Å². The van der Waals surface area contributed by atoms with Crippen molar-refractivity contribution >= 4 is 0 Å². The molecular weight excluding hydrogens is 2240 g/mol. The van der Waals surface area contributed by atoms with Crippen LogP contribution in [0.3, 0.4) is 0 Å². The second-order valence-corrected chi connectivity index (χ2v) is 32.8. The zero-order chi connectivity index (χ0) is 123. The maximum Gasteiger partial charge on any atom is 0.431 e. The van der Waals surface area contributed by atoms with Gasteiger partial charge in [-0.1, -0.05) is 76.2 Å². The van der Waals surface area contributed by atoms with Crippen LogP contribution in [0.2, 0.25) is 0 Å². The fraction of sp³-hybridized carbons (Fsp3) is 1.00. The molecule has 0 amide bonds. The summed E-state index contributed by atoms with van der Waals surface area (Å²) >= 11 is 0. The first-order valence-corrected chi connectivity index (χ1v) is 35.6. The summed E-state index contributed by atoms with van der Waals surface area (Å²) in [5.41, 5.74) is -38.1. The van der Waals surface area contributed by atoms with Crippen LogP contribution >= 0.6 is 0 Å². The molecule has 143 heavy (non-hydrogen) atoms. The number of rotatable bonds is 7. The maximum atomic E-state index is 11.9. The Labute approximate surface area is 762 Å². The van der Waals surface area contributed by atoms with Crippen LogP contribution in [-0.4, -0.2) is 185 Å². The van der Waals surface area contributed by atoms with E-state index in [9.17, 15) is 329 Å². The SMILES string of the molecule is CC(C(F)(F)F)(C(F)(F)F)C(F)(F)F.CC(C(F)(F)F)C(F)(F)F.CC(C(F)F)(C(F)(F)F)C(F)(F)F.CC(C(F)F)C(F)(F)F.CC(C)(C(F)(F)F)C(F)(F)F.CC(C)(C(F)F)C(F)(F)F.CC(C)(C)C(F)(F)F.CC(C)(C)C(F)F.CC(C)(F)C(F)(F)F.CC(C)(F)C(F)F.CC(C)C(F)(F)F.CC(C)C(F)F.CC(F)(C(F)(F)F)C(F)(F)F.CC(F)(C(F)F)C(F)(F)F.CCC(C)(C(F)(F)F)C(F)(F)F. The third kappa shape index (κ3) is 65.5. The van der Waals surface area contributed by atoms with Crippen LogP contribution in [-0.2, 0) is 0 Å². The van der Waals surface area contributed by atoms with E-state index >= 15 is 0 Å². The van der Waals surface area contributed by atoms with Crippen molar-refractivity contribution in [2.45, 2.75) is 371 Å². The van der Waals surface area contributed by atoms with Crippen molar-refractivity contribution in [1.29, 1.82) is 0 Å². The highest BCUT2D eigenvalue weighted by molar-refractivity contribution is 4.96. The van der Waals surface area contributed by atoms with Crippen molar-refractivity contribution in [3.8, 4) is 0 Å². The number of alkyl halides is 75. The molecular formula is C68H91F75. The summed E-state index contributed by atoms with van der Waals surface area (Å²) in [5, 5.41) is 0. The Morgan fingerprint density at radius 1 is 0.210 bits per heavy atom. The van der Waals surface area contributed by atoms with Crippen LogP contribution in [0.4, 0.5) is 329 Å². The smallest absolute Gasteiger partial charge is 0.238 e. The Morgan fingerprint density at radius 2 is 0.413 bits per heavy atom. The summed E-state index contributed by atoms with van der Waals surface area (Å²) in [6.45, 7) is 16.3. The topological polar surface area (TPSA) is 0 Å². The van der Waals surface area contributed by atoms with Crippen LogP contribution in [0.15, 0.2) is 0 Å². The second-order valence-electron chi connectivity index (χ2n) is 32.8. The van der Waals surface area contributed by atoms with Gasteiger partial charge in [0.05, 0.1) is 5.41 Å². The molecule has 0 saturated carbocycles. The molecule has 0 aliphatic rings. The Balaban J connectivity index is -0.0000000949. The molecule has 0 aliphatic heterocycles. The van der Waals surface area contributed by atoms with Gasteiger partial charge in [-0.2, -0.15) is 250 Å². The molecule has 0 aromatic rings. The zero-order valence-electron chi connectivity index (χ0n) is 76.4. The molecule has 0 spiro atoms. The molecule has 0 fully saturated rings. The van der Waals surface area contributed by atoms with E-state index in [1.807, 2.05) is 0 Å². The minimum atomic E-state index is -6.43. The lowest BCUT2D eigenvalue weighted by atomic mass is 9.86. The van der Waals surface area contributed by atoms with Crippen LogP contribution in [0.5, 0.6) is 0 Å². The van der Waals surface area contributed by atoms with E-state index in [2.05, 4.69) is 0 Å². The van der Waals surface area contributed by atoms with Crippen molar-refractivity contribution in [3.63, 3.8) is 0 Å². The first kappa shape index (κ1) is 171. The van der Waals surface area contributed by atoms with E-state index < -0.39 is 274 Å². The van der Waals surface area contributed by atoms with E-state index in [4.69, 9.17) is 0 Å². The van der Waals surface area contributed by atoms with Crippen molar-refractivity contribution in [2.24, 2.45) is 61.6 Å². The molecule has 0 radical (unpaired) electrons. The van der Waals surface area contributed by atoms with Gasteiger partial charge in [-0.3, -0.25) is 0 Å². The lowest BCUT2D eigenvalue weighted by molar-refractivity contribution is -0.420. The quantitative estimate of drug-likeness (QED) is 0.223. The van der Waals surface area contributed by atoms with Crippen molar-refractivity contribution in [2.75, 3.05) is 0 Å². The van der Waals surface area contributed by atoms with Gasteiger partial charge in [-0.15, -0.1) is 0 Å². The third-order valence-corrected chi connectivity index (χ3v) is 15.7. The minimum Gasteiger partial charge on any atom is -0.238 e. The van der Waals surface area contributed by atoms with Crippen molar-refractivity contribution in [1.82, 2.24) is 0 Å². The van der Waals surface area contributed by atoms with Gasteiger partial charge in [0.15, 0.2) is 22.2 Å². The zero-order valence-corrected chi connectivity index (χ0v) is 76.4. The van der Waals surface area contributed by atoms with Gasteiger partial charge in [0, 0.05) is 17.3 Å². The Bertz CT molecular complexity index is 2920. The number of halogens is 75. The van der Waals surface area contributed by atoms with Gasteiger partial charge in [0.2, 0.25) is 24.7 Å². The Hall–Kier alpha value is -5.25. The van der Waals surface area contributed by atoms with Crippen molar-refractivity contribution in [3.05, 3.63) is 0 Å². The van der Waals surface area contributed by atoms with Gasteiger partial charge in [-0.05, 0) is 110 Å². The van der Waals surface area contributed by atoms with Gasteiger partial charge in [0.1, 0.15) is 17.3 Å². The summed E-state index contributed by atoms with van der Waals surface area (Å²) in [5.74, 6) is -7.44. The number of hydrogen-bond acceptors (Lipinski definition) is 0. The molecule has 0 N–H and O–H groups in total. The van der Waals surface area contributed by atoms with E-state index in [-0.39, 0.29) is 34.6 Å². The molecule has 0 heterocycles. The van der Waals surface area contributed by atoms with Crippen LogP contribution in [0, 0.1) is 61.6 Å². The average molecular weight is 2330 g/mol. The summed E-state index contributed by atoms with van der Waals surface area (Å²) in [4.78, 5) is 0. The van der Waals surface area contributed by atoms with Gasteiger partial charge >= 0.3 is 117 Å². The molecule has 0 aromatic heterocycles. The lowest BCUT2D eigenvalue weighted by Gasteiger charge is -2.35. The highest BCUT2D eigenvalue weighted by Crippen LogP contribution is 2.60. The summed E-state index contributed by atoms with van der Waals surface area (Å²) in [6, 6.07) is 0. The summed E-state index contributed by atoms with van der Waals surface area (Å²) < 4.78 is 861. The van der Waals surface area contributed by atoms with Gasteiger partial charge in [-0.25, -0.2) is 79.0 Å². The molecule has 0 aliphatic carbocycles. The summed E-state index contributed by atoms with van der Waals surface area (Å²) in [7, 11) is 0. The van der Waals surface area contributed by atoms with Crippen LogP contribution in [0.25, 0.3) is 0 Å². The fourth-order valence-electron chi connectivity index (χ4n) is 2.35. The normalized spacial score (nSPS) is 14.9.